The topological polar surface area (TPSA) is 116 Å². The van der Waals surface area contributed by atoms with Crippen LogP contribution in [-0.4, -0.2) is 33.9 Å². The quantitative estimate of drug-likeness (QED) is 0.589. The first-order chi connectivity index (χ1) is 12.4. The van der Waals surface area contributed by atoms with E-state index in [1.807, 2.05) is 6.07 Å². The van der Waals surface area contributed by atoms with Gasteiger partial charge in [-0.1, -0.05) is 18.2 Å². The van der Waals surface area contributed by atoms with Gasteiger partial charge < -0.3 is 16.0 Å². The van der Waals surface area contributed by atoms with Crippen molar-refractivity contribution < 1.29 is 18.0 Å². The van der Waals surface area contributed by atoms with E-state index < -0.39 is 16.1 Å². The molecule has 0 aliphatic carbocycles. The number of urea groups is 1. The van der Waals surface area contributed by atoms with E-state index >= 15 is 0 Å². The molecule has 0 bridgehead atoms. The summed E-state index contributed by atoms with van der Waals surface area (Å²) in [6, 6.07) is 14.3. The van der Waals surface area contributed by atoms with Crippen molar-refractivity contribution in [1.82, 2.24) is 10.0 Å². The van der Waals surface area contributed by atoms with Crippen molar-refractivity contribution >= 4 is 33.3 Å². The predicted molar refractivity (Wildman–Crippen MR) is 99.4 cm³/mol. The van der Waals surface area contributed by atoms with Crippen molar-refractivity contribution in [3.63, 3.8) is 0 Å². The van der Waals surface area contributed by atoms with Crippen LogP contribution in [0.4, 0.5) is 16.2 Å². The molecular formula is C17H20N4O4S. The minimum Gasteiger partial charge on any atom is -0.337 e. The molecule has 2 aromatic rings. The number of hydrogen-bond donors (Lipinski definition) is 4. The average Bonchev–Trinajstić information content (AvgIpc) is 2.63. The van der Waals surface area contributed by atoms with Crippen LogP contribution in [0.25, 0.3) is 0 Å². The van der Waals surface area contributed by atoms with Crippen LogP contribution in [0.1, 0.15) is 6.42 Å². The number of amides is 3. The number of benzene rings is 2. The minimum absolute atomic E-state index is 0.0821. The molecule has 3 amide bonds. The minimum atomic E-state index is -3.51. The summed E-state index contributed by atoms with van der Waals surface area (Å²) in [4.78, 5) is 23.7. The van der Waals surface area contributed by atoms with E-state index in [-0.39, 0.29) is 23.8 Å². The van der Waals surface area contributed by atoms with Crippen LogP contribution in [-0.2, 0) is 14.8 Å². The molecule has 0 saturated carbocycles. The molecule has 0 atom stereocenters. The molecule has 0 heterocycles. The van der Waals surface area contributed by atoms with Crippen LogP contribution in [0, 0.1) is 0 Å². The van der Waals surface area contributed by atoms with E-state index in [9.17, 15) is 18.0 Å². The molecular weight excluding hydrogens is 356 g/mol. The number of hydrogen-bond acceptors (Lipinski definition) is 4. The lowest BCUT2D eigenvalue weighted by molar-refractivity contribution is -0.116. The van der Waals surface area contributed by atoms with Crippen molar-refractivity contribution in [2.75, 3.05) is 24.2 Å². The van der Waals surface area contributed by atoms with Gasteiger partial charge >= 0.3 is 6.03 Å². The second-order valence-electron chi connectivity index (χ2n) is 5.28. The maximum absolute atomic E-state index is 11.9. The Hall–Kier alpha value is -2.91. The van der Waals surface area contributed by atoms with E-state index in [2.05, 4.69) is 20.7 Å². The zero-order chi connectivity index (χ0) is 19.0. The number of nitrogens with one attached hydrogen (secondary N) is 4. The highest BCUT2D eigenvalue weighted by Gasteiger charge is 2.11. The van der Waals surface area contributed by atoms with Crippen LogP contribution >= 0.6 is 0 Å². The number of rotatable bonds is 7. The molecule has 138 valence electrons. The molecule has 2 aromatic carbocycles. The van der Waals surface area contributed by atoms with Crippen molar-refractivity contribution in [2.24, 2.45) is 0 Å². The van der Waals surface area contributed by atoms with Crippen LogP contribution in [0.15, 0.2) is 59.5 Å². The normalized spacial score (nSPS) is 10.8. The third-order valence-corrected chi connectivity index (χ3v) is 4.82. The van der Waals surface area contributed by atoms with E-state index in [0.29, 0.717) is 11.4 Å². The Labute approximate surface area is 152 Å². The molecule has 0 spiro atoms. The maximum Gasteiger partial charge on any atom is 0.319 e. The van der Waals surface area contributed by atoms with Crippen LogP contribution in [0.2, 0.25) is 0 Å². The lowest BCUT2D eigenvalue weighted by Gasteiger charge is -2.09. The fraction of sp³-hybridized carbons (Fsp3) is 0.176. The fourth-order valence-corrected chi connectivity index (χ4v) is 2.78. The van der Waals surface area contributed by atoms with Crippen LogP contribution in [0.5, 0.6) is 0 Å². The summed E-state index contributed by atoms with van der Waals surface area (Å²) in [6.45, 7) is 0.163. The van der Waals surface area contributed by atoms with Gasteiger partial charge in [0.2, 0.25) is 15.9 Å². The molecule has 0 radical (unpaired) electrons. The van der Waals surface area contributed by atoms with Gasteiger partial charge in [0.05, 0.1) is 4.90 Å². The highest BCUT2D eigenvalue weighted by Crippen LogP contribution is 2.13. The van der Waals surface area contributed by atoms with Gasteiger partial charge in [0.1, 0.15) is 0 Å². The first-order valence-electron chi connectivity index (χ1n) is 7.84. The van der Waals surface area contributed by atoms with Gasteiger partial charge in [-0.3, -0.25) is 4.79 Å². The second kappa shape index (κ2) is 8.97. The molecule has 0 aliphatic rings. The first kappa shape index (κ1) is 19.4. The standard InChI is InChI=1S/C17H20N4O4S/c1-18-26(24,25)15-9-7-14(8-10-15)20-16(22)11-12-19-17(23)21-13-5-3-2-4-6-13/h2-10,18H,11-12H2,1H3,(H,20,22)(H2,19,21,23). The zero-order valence-electron chi connectivity index (χ0n) is 14.2. The summed E-state index contributed by atoms with van der Waals surface area (Å²) in [5, 5.41) is 7.87. The van der Waals surface area contributed by atoms with E-state index in [4.69, 9.17) is 0 Å². The first-order valence-corrected chi connectivity index (χ1v) is 9.32. The molecule has 26 heavy (non-hydrogen) atoms. The van der Waals surface area contributed by atoms with Crippen molar-refractivity contribution in [3.05, 3.63) is 54.6 Å². The third kappa shape index (κ3) is 5.87. The summed E-state index contributed by atoms with van der Waals surface area (Å²) in [7, 11) is -2.18. The number of anilines is 2. The zero-order valence-corrected chi connectivity index (χ0v) is 15.0. The Kier molecular flexibility index (Phi) is 6.70. The lowest BCUT2D eigenvalue weighted by atomic mass is 10.3. The molecule has 4 N–H and O–H groups in total. The lowest BCUT2D eigenvalue weighted by Crippen LogP contribution is -2.31. The highest BCUT2D eigenvalue weighted by molar-refractivity contribution is 7.89. The summed E-state index contributed by atoms with van der Waals surface area (Å²) in [5.74, 6) is -0.297. The predicted octanol–water partition coefficient (Wildman–Crippen LogP) is 1.74. The molecule has 0 unspecified atom stereocenters. The average molecular weight is 376 g/mol. The smallest absolute Gasteiger partial charge is 0.319 e. The molecule has 0 fully saturated rings. The Morgan fingerprint density at radius 3 is 2.12 bits per heavy atom. The molecule has 9 heteroatoms. The van der Waals surface area contributed by atoms with Gasteiger partial charge in [0.25, 0.3) is 0 Å². The van der Waals surface area contributed by atoms with Gasteiger partial charge in [0, 0.05) is 24.3 Å². The Bertz CT molecular complexity index is 852. The van der Waals surface area contributed by atoms with Gasteiger partial charge in [-0.15, -0.1) is 0 Å². The number of carbonyl (C=O) groups excluding carboxylic acids is 2. The number of carbonyl (C=O) groups is 2. The van der Waals surface area contributed by atoms with Crippen molar-refractivity contribution in [1.29, 1.82) is 0 Å². The van der Waals surface area contributed by atoms with Gasteiger partial charge in [0.15, 0.2) is 0 Å². The van der Waals surface area contributed by atoms with E-state index in [0.717, 1.165) is 0 Å². The van der Waals surface area contributed by atoms with Crippen LogP contribution < -0.4 is 20.7 Å². The van der Waals surface area contributed by atoms with Gasteiger partial charge in [-0.25, -0.2) is 17.9 Å². The molecule has 0 aliphatic heterocycles. The SMILES string of the molecule is CNS(=O)(=O)c1ccc(NC(=O)CCNC(=O)Nc2ccccc2)cc1. The molecule has 2 rings (SSSR count). The summed E-state index contributed by atoms with van der Waals surface area (Å²) < 4.78 is 25.5. The summed E-state index contributed by atoms with van der Waals surface area (Å²) >= 11 is 0. The Morgan fingerprint density at radius 2 is 1.50 bits per heavy atom. The second-order valence-corrected chi connectivity index (χ2v) is 7.16. The third-order valence-electron chi connectivity index (χ3n) is 3.39. The van der Waals surface area contributed by atoms with Gasteiger partial charge in [-0.05, 0) is 43.4 Å². The largest absolute Gasteiger partial charge is 0.337 e. The Morgan fingerprint density at radius 1 is 0.885 bits per heavy atom. The highest BCUT2D eigenvalue weighted by atomic mass is 32.2. The van der Waals surface area contributed by atoms with Crippen LogP contribution in [0.3, 0.4) is 0 Å². The van der Waals surface area contributed by atoms with Crippen molar-refractivity contribution in [3.8, 4) is 0 Å². The fourth-order valence-electron chi connectivity index (χ4n) is 2.05. The molecule has 0 saturated heterocycles. The van der Waals surface area contributed by atoms with Crippen molar-refractivity contribution in [2.45, 2.75) is 11.3 Å². The monoisotopic (exact) mass is 376 g/mol. The summed E-state index contributed by atoms with van der Waals surface area (Å²) in [5.41, 5.74) is 1.13. The van der Waals surface area contributed by atoms with E-state index in [1.165, 1.54) is 31.3 Å². The number of sulfonamides is 1. The molecule has 8 nitrogen and oxygen atoms in total. The number of para-hydroxylation sites is 1. The Balaban J connectivity index is 1.76. The van der Waals surface area contributed by atoms with Gasteiger partial charge in [-0.2, -0.15) is 0 Å². The maximum atomic E-state index is 11.9. The molecule has 0 aromatic heterocycles. The summed E-state index contributed by atoms with van der Waals surface area (Å²) in [6.07, 6.45) is 0.0821. The van der Waals surface area contributed by atoms with E-state index in [1.54, 1.807) is 24.3 Å².